The summed E-state index contributed by atoms with van der Waals surface area (Å²) in [4.78, 5) is 11.4. The maximum atomic E-state index is 11.4. The third kappa shape index (κ3) is 3.61. The van der Waals surface area contributed by atoms with E-state index in [1.165, 1.54) is 0 Å². The molecule has 0 N–H and O–H groups in total. The van der Waals surface area contributed by atoms with Gasteiger partial charge in [-0.2, -0.15) is 0 Å². The first-order valence-electron chi connectivity index (χ1n) is 6.27. The number of benzene rings is 2. The Morgan fingerprint density at radius 1 is 1.20 bits per heavy atom. The molecule has 0 fully saturated rings. The molecular weight excluding hydrogens is 320 g/mol. The Labute approximate surface area is 126 Å². The van der Waals surface area contributed by atoms with E-state index in [2.05, 4.69) is 22.5 Å². The molecule has 2 aromatic rings. The second-order valence-electron chi connectivity index (χ2n) is 4.27. The maximum Gasteiger partial charge on any atom is 0.336 e. The van der Waals surface area contributed by atoms with E-state index >= 15 is 0 Å². The number of fused-ring (bicyclic) bond motifs is 1. The molecule has 20 heavy (non-hydrogen) atoms. The Morgan fingerprint density at radius 2 is 1.90 bits per heavy atom. The smallest absolute Gasteiger partial charge is 0.336 e. The van der Waals surface area contributed by atoms with Gasteiger partial charge in [-0.3, -0.25) is 0 Å². The van der Waals surface area contributed by atoms with Gasteiger partial charge in [-0.05, 0) is 42.0 Å². The SMILES string of the molecule is C=C(COc1ccc2cc(Br)ccc2c1)C(=O)OCC. The first-order valence-corrected chi connectivity index (χ1v) is 7.06. The first-order chi connectivity index (χ1) is 9.60. The molecule has 3 nitrogen and oxygen atoms in total. The second-order valence-corrected chi connectivity index (χ2v) is 5.18. The molecule has 0 atom stereocenters. The molecule has 0 aliphatic rings. The van der Waals surface area contributed by atoms with Gasteiger partial charge in [-0.1, -0.05) is 34.6 Å². The Balaban J connectivity index is 2.05. The van der Waals surface area contributed by atoms with Crippen LogP contribution in [-0.2, 0) is 9.53 Å². The Kier molecular flexibility index (Phi) is 4.79. The van der Waals surface area contributed by atoms with Crippen molar-refractivity contribution < 1.29 is 14.3 Å². The minimum absolute atomic E-state index is 0.126. The van der Waals surface area contributed by atoms with Gasteiger partial charge in [0.1, 0.15) is 12.4 Å². The molecule has 0 saturated carbocycles. The number of carbonyl (C=O) groups is 1. The molecule has 0 aliphatic heterocycles. The highest BCUT2D eigenvalue weighted by molar-refractivity contribution is 9.10. The van der Waals surface area contributed by atoms with Gasteiger partial charge in [-0.25, -0.2) is 4.79 Å². The average molecular weight is 335 g/mol. The van der Waals surface area contributed by atoms with Crippen LogP contribution in [0.15, 0.2) is 53.0 Å². The van der Waals surface area contributed by atoms with Gasteiger partial charge < -0.3 is 9.47 Å². The van der Waals surface area contributed by atoms with Crippen molar-refractivity contribution in [2.24, 2.45) is 0 Å². The second kappa shape index (κ2) is 6.57. The minimum Gasteiger partial charge on any atom is -0.489 e. The maximum absolute atomic E-state index is 11.4. The number of ether oxygens (including phenoxy) is 2. The molecular formula is C16H15BrO3. The summed E-state index contributed by atoms with van der Waals surface area (Å²) in [7, 11) is 0. The predicted molar refractivity (Wildman–Crippen MR) is 82.9 cm³/mol. The number of halogens is 1. The summed E-state index contributed by atoms with van der Waals surface area (Å²) < 4.78 is 11.4. The largest absolute Gasteiger partial charge is 0.489 e. The van der Waals surface area contributed by atoms with Crippen LogP contribution >= 0.6 is 15.9 Å². The number of esters is 1. The van der Waals surface area contributed by atoms with E-state index in [-0.39, 0.29) is 6.61 Å². The van der Waals surface area contributed by atoms with Crippen molar-refractivity contribution in [3.05, 3.63) is 53.0 Å². The molecule has 2 rings (SSSR count). The lowest BCUT2D eigenvalue weighted by molar-refractivity contribution is -0.138. The summed E-state index contributed by atoms with van der Waals surface area (Å²) in [5.74, 6) is 0.280. The van der Waals surface area contributed by atoms with E-state index in [0.29, 0.717) is 17.9 Å². The normalized spacial score (nSPS) is 10.3. The summed E-state index contributed by atoms with van der Waals surface area (Å²) in [6, 6.07) is 11.8. The molecule has 104 valence electrons. The van der Waals surface area contributed by atoms with Crippen molar-refractivity contribution in [2.45, 2.75) is 6.92 Å². The highest BCUT2D eigenvalue weighted by Crippen LogP contribution is 2.24. The summed E-state index contributed by atoms with van der Waals surface area (Å²) in [6.45, 7) is 5.88. The number of hydrogen-bond acceptors (Lipinski definition) is 3. The molecule has 0 bridgehead atoms. The Hall–Kier alpha value is -1.81. The quantitative estimate of drug-likeness (QED) is 0.610. The summed E-state index contributed by atoms with van der Waals surface area (Å²) in [6.07, 6.45) is 0. The lowest BCUT2D eigenvalue weighted by Gasteiger charge is -2.09. The topological polar surface area (TPSA) is 35.5 Å². The van der Waals surface area contributed by atoms with Gasteiger partial charge in [0.2, 0.25) is 0 Å². The number of rotatable bonds is 5. The fourth-order valence-electron chi connectivity index (χ4n) is 1.75. The van der Waals surface area contributed by atoms with Crippen molar-refractivity contribution in [2.75, 3.05) is 13.2 Å². The molecule has 0 unspecified atom stereocenters. The molecule has 0 heterocycles. The zero-order valence-electron chi connectivity index (χ0n) is 11.2. The standard InChI is InChI=1S/C16H15BrO3/c1-3-19-16(18)11(2)10-20-15-7-5-12-8-14(17)6-4-13(12)9-15/h4-9H,2-3,10H2,1H3. The van der Waals surface area contributed by atoms with Crippen LogP contribution in [0.3, 0.4) is 0 Å². The van der Waals surface area contributed by atoms with Crippen LogP contribution in [0.5, 0.6) is 5.75 Å². The summed E-state index contributed by atoms with van der Waals surface area (Å²) >= 11 is 3.44. The van der Waals surface area contributed by atoms with E-state index in [0.717, 1.165) is 15.2 Å². The molecule has 0 aromatic heterocycles. The molecule has 0 radical (unpaired) electrons. The van der Waals surface area contributed by atoms with E-state index in [1.54, 1.807) is 6.92 Å². The van der Waals surface area contributed by atoms with Crippen LogP contribution in [0.1, 0.15) is 6.92 Å². The number of carbonyl (C=O) groups excluding carboxylic acids is 1. The van der Waals surface area contributed by atoms with Gasteiger partial charge >= 0.3 is 5.97 Å². The number of hydrogen-bond donors (Lipinski definition) is 0. The van der Waals surface area contributed by atoms with Crippen molar-refractivity contribution in [1.29, 1.82) is 0 Å². The van der Waals surface area contributed by atoms with Crippen LogP contribution < -0.4 is 4.74 Å². The van der Waals surface area contributed by atoms with Crippen molar-refractivity contribution in [1.82, 2.24) is 0 Å². The fraction of sp³-hybridized carbons (Fsp3) is 0.188. The molecule has 0 spiro atoms. The first kappa shape index (κ1) is 14.6. The molecule has 0 amide bonds. The minimum atomic E-state index is -0.419. The van der Waals surface area contributed by atoms with Gasteiger partial charge in [0.25, 0.3) is 0 Å². The van der Waals surface area contributed by atoms with Crippen LogP contribution in [-0.4, -0.2) is 19.2 Å². The zero-order valence-corrected chi connectivity index (χ0v) is 12.8. The van der Waals surface area contributed by atoms with Gasteiger partial charge in [0.15, 0.2) is 0 Å². The van der Waals surface area contributed by atoms with Crippen LogP contribution in [0.2, 0.25) is 0 Å². The summed E-state index contributed by atoms with van der Waals surface area (Å²) in [5.41, 5.74) is 0.308. The highest BCUT2D eigenvalue weighted by atomic mass is 79.9. The predicted octanol–water partition coefficient (Wildman–Crippen LogP) is 4.10. The Bertz CT molecular complexity index is 649. The zero-order chi connectivity index (χ0) is 14.5. The molecule has 0 aliphatic carbocycles. The monoisotopic (exact) mass is 334 g/mol. The Morgan fingerprint density at radius 3 is 2.65 bits per heavy atom. The van der Waals surface area contributed by atoms with Crippen molar-refractivity contribution >= 4 is 32.7 Å². The molecule has 0 saturated heterocycles. The average Bonchev–Trinajstić information content (AvgIpc) is 2.44. The van der Waals surface area contributed by atoms with Gasteiger partial charge in [-0.15, -0.1) is 0 Å². The van der Waals surface area contributed by atoms with Gasteiger partial charge in [0.05, 0.1) is 12.2 Å². The van der Waals surface area contributed by atoms with Crippen LogP contribution in [0.25, 0.3) is 10.8 Å². The van der Waals surface area contributed by atoms with Crippen LogP contribution in [0.4, 0.5) is 0 Å². The van der Waals surface area contributed by atoms with Crippen molar-refractivity contribution in [3.63, 3.8) is 0 Å². The lowest BCUT2D eigenvalue weighted by atomic mass is 10.1. The summed E-state index contributed by atoms with van der Waals surface area (Å²) in [5, 5.41) is 2.20. The van der Waals surface area contributed by atoms with Crippen molar-refractivity contribution in [3.8, 4) is 5.75 Å². The third-order valence-corrected chi connectivity index (χ3v) is 3.24. The molecule has 4 heteroatoms. The highest BCUT2D eigenvalue weighted by Gasteiger charge is 2.08. The van der Waals surface area contributed by atoms with E-state index in [9.17, 15) is 4.79 Å². The fourth-order valence-corrected chi connectivity index (χ4v) is 2.13. The lowest BCUT2D eigenvalue weighted by Crippen LogP contribution is -2.13. The van der Waals surface area contributed by atoms with Crippen LogP contribution in [0, 0.1) is 0 Å². The van der Waals surface area contributed by atoms with E-state index in [4.69, 9.17) is 9.47 Å². The third-order valence-electron chi connectivity index (χ3n) is 2.75. The molecule has 2 aromatic carbocycles. The van der Waals surface area contributed by atoms with E-state index in [1.807, 2.05) is 36.4 Å². The van der Waals surface area contributed by atoms with E-state index < -0.39 is 5.97 Å². The van der Waals surface area contributed by atoms with Gasteiger partial charge in [0, 0.05) is 4.47 Å².